The highest BCUT2D eigenvalue weighted by Gasteiger charge is 2.42. The molecule has 1 aromatic carbocycles. The van der Waals surface area contributed by atoms with E-state index in [2.05, 4.69) is 58.3 Å². The number of benzene rings is 1. The first kappa shape index (κ1) is 23.8. The molecule has 0 unspecified atom stereocenters. The summed E-state index contributed by atoms with van der Waals surface area (Å²) in [6.45, 7) is 8.13. The molecule has 35 heavy (non-hydrogen) atoms. The third-order valence-corrected chi connectivity index (χ3v) is 8.08. The second-order valence-electron chi connectivity index (χ2n) is 10.9. The fourth-order valence-corrected chi connectivity index (χ4v) is 5.95. The average Bonchev–Trinajstić information content (AvgIpc) is 3.56. The molecule has 0 bridgehead atoms. The number of hydrogen-bond acceptors (Lipinski definition) is 5. The molecular formula is C28H35N5O2. The molecule has 1 saturated heterocycles. The van der Waals surface area contributed by atoms with Crippen molar-refractivity contribution in [1.82, 2.24) is 14.9 Å². The van der Waals surface area contributed by atoms with E-state index in [1.165, 1.54) is 30.2 Å². The van der Waals surface area contributed by atoms with Crippen LogP contribution in [-0.2, 0) is 10.3 Å². The lowest BCUT2D eigenvalue weighted by Crippen LogP contribution is -2.50. The maximum Gasteiger partial charge on any atom is 0.291 e. The molecule has 1 amide bonds. The zero-order chi connectivity index (χ0) is 24.5. The Morgan fingerprint density at radius 3 is 2.63 bits per heavy atom. The number of aromatic amines is 1. The number of nitrogens with one attached hydrogen (secondary N) is 2. The van der Waals surface area contributed by atoms with Crippen molar-refractivity contribution >= 4 is 17.2 Å². The van der Waals surface area contributed by atoms with Crippen molar-refractivity contribution in [3.8, 4) is 6.07 Å². The number of nitrogens with zero attached hydrogens (tertiary/aromatic N) is 3. The van der Waals surface area contributed by atoms with Crippen molar-refractivity contribution in [3.05, 3.63) is 53.1 Å². The lowest BCUT2D eigenvalue weighted by molar-refractivity contribution is -0.0231. The Morgan fingerprint density at radius 2 is 1.97 bits per heavy atom. The minimum atomic E-state index is -0.332. The predicted molar refractivity (Wildman–Crippen MR) is 136 cm³/mol. The number of rotatable bonds is 5. The first-order chi connectivity index (χ1) is 16.9. The van der Waals surface area contributed by atoms with E-state index in [1.807, 2.05) is 6.07 Å². The quantitative estimate of drug-likeness (QED) is 0.620. The van der Waals surface area contributed by atoms with Gasteiger partial charge in [0.05, 0.1) is 13.2 Å². The molecule has 3 aliphatic rings. The highest BCUT2D eigenvalue weighted by Crippen LogP contribution is 2.47. The van der Waals surface area contributed by atoms with Crippen LogP contribution in [0.3, 0.4) is 0 Å². The topological polar surface area (TPSA) is 94.0 Å². The van der Waals surface area contributed by atoms with E-state index in [1.54, 1.807) is 0 Å². The zero-order valence-electron chi connectivity index (χ0n) is 20.8. The molecule has 1 aromatic heterocycles. The van der Waals surface area contributed by atoms with Crippen LogP contribution >= 0.6 is 0 Å². The van der Waals surface area contributed by atoms with Gasteiger partial charge in [0.15, 0.2) is 11.5 Å². The van der Waals surface area contributed by atoms with Crippen LogP contribution in [0.5, 0.6) is 0 Å². The number of nitriles is 1. The number of allylic oxidation sites excluding steroid dienone is 2. The normalized spacial score (nSPS) is 21.8. The Kier molecular flexibility index (Phi) is 6.52. The summed E-state index contributed by atoms with van der Waals surface area (Å²) in [4.78, 5) is 22.5. The summed E-state index contributed by atoms with van der Waals surface area (Å²) >= 11 is 0. The fraction of sp³-hybridized carbons (Fsp3) is 0.536. The Balaban J connectivity index is 1.52. The number of carbonyl (C=O) groups is 1. The van der Waals surface area contributed by atoms with E-state index in [0.717, 1.165) is 69.7 Å². The Morgan fingerprint density at radius 1 is 1.20 bits per heavy atom. The second kappa shape index (κ2) is 9.60. The zero-order valence-corrected chi connectivity index (χ0v) is 20.8. The summed E-state index contributed by atoms with van der Waals surface area (Å²) in [7, 11) is 0. The molecule has 7 nitrogen and oxygen atoms in total. The second-order valence-corrected chi connectivity index (χ2v) is 10.9. The summed E-state index contributed by atoms with van der Waals surface area (Å²) in [6, 6.07) is 8.57. The van der Waals surface area contributed by atoms with Gasteiger partial charge in [0.1, 0.15) is 6.07 Å². The van der Waals surface area contributed by atoms with Crippen LogP contribution in [0.2, 0.25) is 0 Å². The number of morpholine rings is 1. The number of aromatic nitrogens is 2. The van der Waals surface area contributed by atoms with E-state index < -0.39 is 0 Å². The van der Waals surface area contributed by atoms with Crippen molar-refractivity contribution in [2.24, 2.45) is 5.41 Å². The molecule has 2 aromatic rings. The summed E-state index contributed by atoms with van der Waals surface area (Å²) in [5.41, 5.74) is 5.10. The highest BCUT2D eigenvalue weighted by molar-refractivity contribution is 6.03. The van der Waals surface area contributed by atoms with Crippen molar-refractivity contribution in [1.29, 1.82) is 5.26 Å². The number of anilines is 1. The molecule has 2 aliphatic carbocycles. The molecule has 1 aliphatic heterocycles. The van der Waals surface area contributed by atoms with Crippen LogP contribution in [-0.4, -0.2) is 47.1 Å². The number of ether oxygens (including phenoxy) is 1. The van der Waals surface area contributed by atoms with Crippen molar-refractivity contribution in [2.75, 3.05) is 31.6 Å². The van der Waals surface area contributed by atoms with Gasteiger partial charge in [-0.25, -0.2) is 4.98 Å². The largest absolute Gasteiger partial charge is 0.379 e. The summed E-state index contributed by atoms with van der Waals surface area (Å²) < 4.78 is 5.67. The lowest BCUT2D eigenvalue weighted by atomic mass is 9.76. The number of H-pyrrole nitrogens is 1. The standard InChI is InChI=1S/C28H35N5O2/c1-27(2)11-7-20(8-12-27)23-17-21(28(9-3-4-10-28)33-13-15-35-16-14-33)5-6-24(23)32-26(34)25-30-19-22(18-29)31-25/h5-7,17,19H,3-4,8-16H2,1-2H3,(H,30,31)(H,32,34). The first-order valence-corrected chi connectivity index (χ1v) is 12.8. The van der Waals surface area contributed by atoms with Crippen LogP contribution in [0.15, 0.2) is 30.5 Å². The molecule has 0 spiro atoms. The van der Waals surface area contributed by atoms with Crippen LogP contribution < -0.4 is 5.32 Å². The van der Waals surface area contributed by atoms with E-state index in [4.69, 9.17) is 10.00 Å². The summed E-state index contributed by atoms with van der Waals surface area (Å²) in [6.07, 6.45) is 11.7. The average molecular weight is 474 g/mol. The van der Waals surface area contributed by atoms with Gasteiger partial charge < -0.3 is 15.0 Å². The molecule has 2 heterocycles. The predicted octanol–water partition coefficient (Wildman–Crippen LogP) is 5.23. The number of imidazole rings is 1. The maximum absolute atomic E-state index is 13.0. The van der Waals surface area contributed by atoms with E-state index in [-0.39, 0.29) is 23.0 Å². The molecular weight excluding hydrogens is 438 g/mol. The molecule has 0 atom stereocenters. The van der Waals surface area contributed by atoms with Gasteiger partial charge in [-0.15, -0.1) is 0 Å². The Labute approximate surface area is 207 Å². The van der Waals surface area contributed by atoms with Crippen LogP contribution in [0.4, 0.5) is 5.69 Å². The van der Waals surface area contributed by atoms with Crippen molar-refractivity contribution < 1.29 is 9.53 Å². The maximum atomic E-state index is 13.0. The van der Waals surface area contributed by atoms with Gasteiger partial charge in [-0.05, 0) is 60.8 Å². The van der Waals surface area contributed by atoms with Crippen molar-refractivity contribution in [3.63, 3.8) is 0 Å². The molecule has 184 valence electrons. The van der Waals surface area contributed by atoms with Crippen LogP contribution in [0, 0.1) is 16.7 Å². The van der Waals surface area contributed by atoms with E-state index in [9.17, 15) is 4.79 Å². The Bertz CT molecular complexity index is 1160. The van der Waals surface area contributed by atoms with Gasteiger partial charge >= 0.3 is 0 Å². The Hall–Kier alpha value is -2.95. The minimum absolute atomic E-state index is 0.0400. The third-order valence-electron chi connectivity index (χ3n) is 8.08. The summed E-state index contributed by atoms with van der Waals surface area (Å²) in [5.74, 6) is -0.183. The van der Waals surface area contributed by atoms with E-state index in [0.29, 0.717) is 5.41 Å². The van der Waals surface area contributed by atoms with Gasteiger partial charge in [0, 0.05) is 36.1 Å². The van der Waals surface area contributed by atoms with Gasteiger partial charge in [0.2, 0.25) is 0 Å². The van der Waals surface area contributed by atoms with Gasteiger partial charge in [-0.3, -0.25) is 9.69 Å². The third kappa shape index (κ3) is 4.78. The summed E-state index contributed by atoms with van der Waals surface area (Å²) in [5, 5.41) is 12.1. The first-order valence-electron chi connectivity index (χ1n) is 12.8. The fourth-order valence-electron chi connectivity index (χ4n) is 5.95. The lowest BCUT2D eigenvalue weighted by Gasteiger charge is -2.44. The van der Waals surface area contributed by atoms with Crippen molar-refractivity contribution in [2.45, 2.75) is 64.3 Å². The van der Waals surface area contributed by atoms with E-state index >= 15 is 0 Å². The number of hydrogen-bond donors (Lipinski definition) is 2. The SMILES string of the molecule is CC1(C)CC=C(c2cc(C3(N4CCOCC4)CCCC3)ccc2NC(=O)c2nc(C#N)c[nH]2)CC1. The molecule has 2 N–H and O–H groups in total. The smallest absolute Gasteiger partial charge is 0.291 e. The van der Waals surface area contributed by atoms with Gasteiger partial charge in [-0.2, -0.15) is 5.26 Å². The molecule has 7 heteroatoms. The minimum Gasteiger partial charge on any atom is -0.379 e. The monoisotopic (exact) mass is 473 g/mol. The number of amides is 1. The molecule has 0 radical (unpaired) electrons. The van der Waals surface area contributed by atoms with Gasteiger partial charge in [0.25, 0.3) is 5.91 Å². The van der Waals surface area contributed by atoms with Crippen LogP contribution in [0.1, 0.15) is 86.2 Å². The van der Waals surface area contributed by atoms with Gasteiger partial charge in [-0.1, -0.05) is 38.8 Å². The molecule has 2 fully saturated rings. The van der Waals surface area contributed by atoms with Crippen LogP contribution in [0.25, 0.3) is 5.57 Å². The highest BCUT2D eigenvalue weighted by atomic mass is 16.5. The number of carbonyl (C=O) groups excluding carboxylic acids is 1. The molecule has 1 saturated carbocycles. The molecule has 5 rings (SSSR count).